The Labute approximate surface area is 176 Å². The monoisotopic (exact) mass is 485 g/mol. The van der Waals surface area contributed by atoms with Crippen LogP contribution in [0.1, 0.15) is 24.8 Å². The van der Waals surface area contributed by atoms with Gasteiger partial charge in [0.15, 0.2) is 5.96 Å². The molecule has 7 heteroatoms. The van der Waals surface area contributed by atoms with E-state index in [1.54, 1.807) is 26.4 Å². The third-order valence-corrected chi connectivity index (χ3v) is 4.99. The maximum atomic E-state index is 13.2. The highest BCUT2D eigenvalue weighted by atomic mass is 127. The second-order valence-electron chi connectivity index (χ2n) is 6.53. The largest absolute Gasteiger partial charge is 0.497 e. The standard InChI is InChI=1S/C20H24FN3O2.HI/c1-25-16-8-9-18(26-2)17(12-16)24-19(22)23-13-20(10-3-11-20)14-4-6-15(21)7-5-14;/h4-9,12H,3,10-11,13H2,1-2H3,(H3,22,23,24);1H. The van der Waals surface area contributed by atoms with Crippen LogP contribution < -0.4 is 20.5 Å². The lowest BCUT2D eigenvalue weighted by Crippen LogP contribution is -2.38. The maximum Gasteiger partial charge on any atom is 0.193 e. The van der Waals surface area contributed by atoms with Crippen LogP contribution in [0.3, 0.4) is 0 Å². The van der Waals surface area contributed by atoms with Crippen molar-refractivity contribution in [2.45, 2.75) is 24.7 Å². The highest BCUT2D eigenvalue weighted by molar-refractivity contribution is 14.0. The lowest BCUT2D eigenvalue weighted by atomic mass is 9.64. The molecule has 2 aromatic rings. The molecule has 3 N–H and O–H groups in total. The number of rotatable bonds is 6. The van der Waals surface area contributed by atoms with E-state index in [9.17, 15) is 4.39 Å². The van der Waals surface area contributed by atoms with Crippen molar-refractivity contribution in [3.63, 3.8) is 0 Å². The van der Waals surface area contributed by atoms with Gasteiger partial charge in [0.1, 0.15) is 17.3 Å². The molecule has 27 heavy (non-hydrogen) atoms. The molecule has 0 saturated heterocycles. The first-order valence-electron chi connectivity index (χ1n) is 8.61. The number of aliphatic imine (C=N–C) groups is 1. The molecule has 5 nitrogen and oxygen atoms in total. The first-order valence-corrected chi connectivity index (χ1v) is 8.61. The highest BCUT2D eigenvalue weighted by Crippen LogP contribution is 2.44. The lowest BCUT2D eigenvalue weighted by molar-refractivity contribution is 0.253. The van der Waals surface area contributed by atoms with Crippen LogP contribution in [0.4, 0.5) is 10.1 Å². The average molecular weight is 485 g/mol. The first kappa shape index (κ1) is 21.3. The molecule has 0 aliphatic heterocycles. The van der Waals surface area contributed by atoms with Gasteiger partial charge in [-0.1, -0.05) is 18.6 Å². The Morgan fingerprint density at radius 1 is 1.15 bits per heavy atom. The predicted octanol–water partition coefficient (Wildman–Crippen LogP) is 4.31. The average Bonchev–Trinajstić information content (AvgIpc) is 2.62. The molecule has 1 saturated carbocycles. The van der Waals surface area contributed by atoms with Crippen LogP contribution in [0.2, 0.25) is 0 Å². The minimum Gasteiger partial charge on any atom is -0.497 e. The quantitative estimate of drug-likeness (QED) is 0.364. The maximum absolute atomic E-state index is 13.2. The van der Waals surface area contributed by atoms with Gasteiger partial charge in [0.05, 0.1) is 26.5 Å². The molecule has 0 bridgehead atoms. The summed E-state index contributed by atoms with van der Waals surface area (Å²) in [6, 6.07) is 12.1. The van der Waals surface area contributed by atoms with Gasteiger partial charge in [0.2, 0.25) is 0 Å². The van der Waals surface area contributed by atoms with Crippen LogP contribution in [0.5, 0.6) is 11.5 Å². The summed E-state index contributed by atoms with van der Waals surface area (Å²) in [4.78, 5) is 4.54. The summed E-state index contributed by atoms with van der Waals surface area (Å²) in [5.74, 6) is 1.44. The normalized spacial score (nSPS) is 15.3. The Morgan fingerprint density at radius 2 is 1.85 bits per heavy atom. The van der Waals surface area contributed by atoms with Gasteiger partial charge in [-0.25, -0.2) is 4.39 Å². The SMILES string of the molecule is COc1ccc(OC)c(NC(N)=NCC2(c3ccc(F)cc3)CCC2)c1.I. The van der Waals surface area contributed by atoms with E-state index in [1.165, 1.54) is 12.1 Å². The summed E-state index contributed by atoms with van der Waals surface area (Å²) in [5, 5.41) is 3.08. The molecule has 2 aromatic carbocycles. The number of halogens is 2. The van der Waals surface area contributed by atoms with Crippen LogP contribution >= 0.6 is 24.0 Å². The molecule has 3 rings (SSSR count). The molecule has 0 amide bonds. The van der Waals surface area contributed by atoms with E-state index >= 15 is 0 Å². The Balaban J connectivity index is 0.00000261. The smallest absolute Gasteiger partial charge is 0.193 e. The van der Waals surface area contributed by atoms with Crippen LogP contribution in [0, 0.1) is 5.82 Å². The van der Waals surface area contributed by atoms with Gasteiger partial charge in [-0.2, -0.15) is 0 Å². The molecule has 0 atom stereocenters. The number of benzene rings is 2. The summed E-state index contributed by atoms with van der Waals surface area (Å²) in [6.45, 7) is 0.559. The van der Waals surface area contributed by atoms with Crippen molar-refractivity contribution in [1.29, 1.82) is 0 Å². The molecule has 0 radical (unpaired) electrons. The number of nitrogens with two attached hydrogens (primary N) is 1. The molecular formula is C20H25FIN3O2. The van der Waals surface area contributed by atoms with E-state index in [-0.39, 0.29) is 35.2 Å². The second-order valence-corrected chi connectivity index (χ2v) is 6.53. The second kappa shape index (κ2) is 9.25. The van der Waals surface area contributed by atoms with Crippen LogP contribution in [0.15, 0.2) is 47.5 Å². The number of hydrogen-bond acceptors (Lipinski definition) is 3. The van der Waals surface area contributed by atoms with Crippen molar-refractivity contribution < 1.29 is 13.9 Å². The van der Waals surface area contributed by atoms with Crippen molar-refractivity contribution in [3.8, 4) is 11.5 Å². The number of guanidine groups is 1. The number of hydrogen-bond donors (Lipinski definition) is 2. The molecule has 0 heterocycles. The van der Waals surface area contributed by atoms with E-state index in [1.807, 2.05) is 18.2 Å². The lowest BCUT2D eigenvalue weighted by Gasteiger charge is -2.41. The summed E-state index contributed by atoms with van der Waals surface area (Å²) >= 11 is 0. The van der Waals surface area contributed by atoms with E-state index in [2.05, 4.69) is 10.3 Å². The zero-order valence-electron chi connectivity index (χ0n) is 15.5. The fourth-order valence-corrected chi connectivity index (χ4v) is 3.27. The zero-order chi connectivity index (χ0) is 18.6. The van der Waals surface area contributed by atoms with Crippen molar-refractivity contribution in [1.82, 2.24) is 0 Å². The fourth-order valence-electron chi connectivity index (χ4n) is 3.27. The summed E-state index contributed by atoms with van der Waals surface area (Å²) < 4.78 is 23.8. The van der Waals surface area contributed by atoms with Crippen molar-refractivity contribution in [2.75, 3.05) is 26.1 Å². The molecule has 1 aliphatic rings. The number of ether oxygens (including phenoxy) is 2. The summed E-state index contributed by atoms with van der Waals surface area (Å²) in [7, 11) is 3.20. The van der Waals surface area contributed by atoms with Gasteiger partial charge >= 0.3 is 0 Å². The number of anilines is 1. The van der Waals surface area contributed by atoms with Crippen molar-refractivity contribution in [3.05, 3.63) is 53.8 Å². The summed E-state index contributed by atoms with van der Waals surface area (Å²) in [5.41, 5.74) is 7.84. The zero-order valence-corrected chi connectivity index (χ0v) is 17.8. The molecule has 146 valence electrons. The van der Waals surface area contributed by atoms with E-state index in [0.717, 1.165) is 24.8 Å². The highest BCUT2D eigenvalue weighted by Gasteiger charge is 2.38. The molecule has 0 unspecified atom stereocenters. The van der Waals surface area contributed by atoms with Crippen molar-refractivity contribution >= 4 is 35.6 Å². The van der Waals surface area contributed by atoms with Crippen LogP contribution in [-0.4, -0.2) is 26.7 Å². The van der Waals surface area contributed by atoms with Crippen molar-refractivity contribution in [2.24, 2.45) is 10.7 Å². The van der Waals surface area contributed by atoms with Gasteiger partial charge in [0.25, 0.3) is 0 Å². The minimum absolute atomic E-state index is 0. The van der Waals surface area contributed by atoms with E-state index in [0.29, 0.717) is 29.7 Å². The molecule has 1 aliphatic carbocycles. The third kappa shape index (κ3) is 4.82. The van der Waals surface area contributed by atoms with Gasteiger partial charge in [-0.15, -0.1) is 24.0 Å². The first-order chi connectivity index (χ1) is 12.6. The predicted molar refractivity (Wildman–Crippen MR) is 117 cm³/mol. The topological polar surface area (TPSA) is 68.9 Å². The molecule has 0 aromatic heterocycles. The minimum atomic E-state index is -0.224. The Hall–Kier alpha value is -2.03. The Bertz CT molecular complexity index is 792. The van der Waals surface area contributed by atoms with Crippen LogP contribution in [-0.2, 0) is 5.41 Å². The third-order valence-electron chi connectivity index (χ3n) is 4.99. The van der Waals surface area contributed by atoms with E-state index < -0.39 is 0 Å². The summed E-state index contributed by atoms with van der Waals surface area (Å²) in [6.07, 6.45) is 3.19. The Morgan fingerprint density at radius 3 is 2.41 bits per heavy atom. The number of nitrogens with zero attached hydrogens (tertiary/aromatic N) is 1. The van der Waals surface area contributed by atoms with Gasteiger partial charge in [0, 0.05) is 11.5 Å². The Kier molecular flexibility index (Phi) is 7.29. The van der Waals surface area contributed by atoms with Gasteiger partial charge in [-0.3, -0.25) is 4.99 Å². The van der Waals surface area contributed by atoms with Gasteiger partial charge in [-0.05, 0) is 42.7 Å². The molecule has 0 spiro atoms. The number of nitrogens with one attached hydrogen (secondary N) is 1. The molecular weight excluding hydrogens is 460 g/mol. The van der Waals surface area contributed by atoms with E-state index in [4.69, 9.17) is 15.2 Å². The fraction of sp³-hybridized carbons (Fsp3) is 0.350. The molecule has 1 fully saturated rings. The van der Waals surface area contributed by atoms with Crippen LogP contribution in [0.25, 0.3) is 0 Å². The number of methoxy groups -OCH3 is 2. The van der Waals surface area contributed by atoms with Gasteiger partial charge < -0.3 is 20.5 Å².